The fraction of sp³-hybridized carbons (Fsp3) is 0.440. The van der Waals surface area contributed by atoms with Crippen LogP contribution in [0.1, 0.15) is 70.5 Å². The standard InChI is InChI=1S/C25H28F3NO3S/c1-15(2)23-22(33-24(29-23)17-6-8-19(9-7-17)25(26,27)28)11-10-20(31)18-5-4-16(3)21(14-18)32-13-12-30/h4-6,8,14-15,30H,7,9-13H2,1-3H3. The number of aromatic nitrogens is 1. The molecule has 0 spiro atoms. The van der Waals surface area contributed by atoms with Crippen molar-refractivity contribution in [1.82, 2.24) is 4.98 Å². The number of hydrogen-bond acceptors (Lipinski definition) is 5. The second kappa shape index (κ2) is 10.7. The summed E-state index contributed by atoms with van der Waals surface area (Å²) < 4.78 is 44.2. The Labute approximate surface area is 195 Å². The quantitative estimate of drug-likeness (QED) is 0.421. The van der Waals surface area contributed by atoms with Gasteiger partial charge in [0.1, 0.15) is 17.4 Å². The van der Waals surface area contributed by atoms with Crippen LogP contribution in [0.15, 0.2) is 35.9 Å². The molecule has 0 unspecified atom stereocenters. The highest BCUT2D eigenvalue weighted by Crippen LogP contribution is 2.38. The maximum atomic E-state index is 12.9. The summed E-state index contributed by atoms with van der Waals surface area (Å²) in [5.41, 5.74) is 2.61. The number of Topliss-reactive ketones (excluding diaryl/α,β-unsaturated/α-hetero) is 1. The number of alkyl halides is 3. The molecule has 178 valence electrons. The number of ketones is 1. The van der Waals surface area contributed by atoms with E-state index in [0.717, 1.165) is 32.8 Å². The van der Waals surface area contributed by atoms with Gasteiger partial charge in [0.25, 0.3) is 0 Å². The van der Waals surface area contributed by atoms with Gasteiger partial charge in [-0.3, -0.25) is 4.79 Å². The number of benzene rings is 1. The lowest BCUT2D eigenvalue weighted by Crippen LogP contribution is -2.13. The number of thiazole rings is 1. The van der Waals surface area contributed by atoms with Gasteiger partial charge < -0.3 is 9.84 Å². The molecule has 1 aromatic carbocycles. The largest absolute Gasteiger partial charge is 0.491 e. The lowest BCUT2D eigenvalue weighted by Gasteiger charge is -2.15. The highest BCUT2D eigenvalue weighted by molar-refractivity contribution is 7.12. The van der Waals surface area contributed by atoms with Crippen LogP contribution in [0.3, 0.4) is 0 Å². The number of aliphatic hydroxyl groups excluding tert-OH is 1. The lowest BCUT2D eigenvalue weighted by atomic mass is 9.98. The summed E-state index contributed by atoms with van der Waals surface area (Å²) in [4.78, 5) is 18.5. The van der Waals surface area contributed by atoms with E-state index in [1.807, 2.05) is 26.8 Å². The van der Waals surface area contributed by atoms with E-state index in [1.54, 1.807) is 12.1 Å². The zero-order valence-corrected chi connectivity index (χ0v) is 19.8. The maximum Gasteiger partial charge on any atom is 0.412 e. The Kier molecular flexibility index (Phi) is 8.13. The summed E-state index contributed by atoms with van der Waals surface area (Å²) in [6, 6.07) is 5.29. The smallest absolute Gasteiger partial charge is 0.412 e. The van der Waals surface area contributed by atoms with Crippen LogP contribution in [0.2, 0.25) is 0 Å². The predicted octanol–water partition coefficient (Wildman–Crippen LogP) is 6.43. The molecule has 0 radical (unpaired) electrons. The van der Waals surface area contributed by atoms with Gasteiger partial charge >= 0.3 is 6.18 Å². The molecule has 1 aliphatic carbocycles. The Morgan fingerprint density at radius 3 is 2.61 bits per heavy atom. The van der Waals surface area contributed by atoms with E-state index in [9.17, 15) is 18.0 Å². The second-order valence-electron chi connectivity index (χ2n) is 8.34. The van der Waals surface area contributed by atoms with E-state index < -0.39 is 11.7 Å². The fourth-order valence-electron chi connectivity index (χ4n) is 3.64. The number of aliphatic hydroxyl groups is 1. The molecular formula is C25H28F3NO3S. The number of allylic oxidation sites excluding steroid dienone is 4. The van der Waals surface area contributed by atoms with Crippen molar-refractivity contribution < 1.29 is 27.8 Å². The Morgan fingerprint density at radius 1 is 1.24 bits per heavy atom. The Balaban J connectivity index is 1.75. The van der Waals surface area contributed by atoms with Crippen molar-refractivity contribution in [1.29, 1.82) is 0 Å². The summed E-state index contributed by atoms with van der Waals surface area (Å²) in [5.74, 6) is 0.694. The van der Waals surface area contributed by atoms with Crippen LogP contribution < -0.4 is 4.74 Å². The second-order valence-corrected chi connectivity index (χ2v) is 9.42. The van der Waals surface area contributed by atoms with Gasteiger partial charge in [0, 0.05) is 22.4 Å². The molecular weight excluding hydrogens is 451 g/mol. The Hall–Kier alpha value is -2.45. The van der Waals surface area contributed by atoms with E-state index in [2.05, 4.69) is 0 Å². The summed E-state index contributed by atoms with van der Waals surface area (Å²) in [6.45, 7) is 5.97. The third-order valence-corrected chi connectivity index (χ3v) is 6.71. The number of ether oxygens (including phenoxy) is 1. The molecule has 1 aromatic heterocycles. The van der Waals surface area contributed by atoms with E-state index in [0.29, 0.717) is 30.6 Å². The molecule has 1 N–H and O–H groups in total. The van der Waals surface area contributed by atoms with Gasteiger partial charge in [0.05, 0.1) is 12.3 Å². The average Bonchev–Trinajstić information content (AvgIpc) is 3.21. The summed E-state index contributed by atoms with van der Waals surface area (Å²) >= 11 is 1.46. The third kappa shape index (κ3) is 6.32. The molecule has 0 amide bonds. The minimum atomic E-state index is -4.29. The van der Waals surface area contributed by atoms with Crippen LogP contribution in [-0.2, 0) is 6.42 Å². The first-order valence-corrected chi connectivity index (χ1v) is 11.8. The van der Waals surface area contributed by atoms with Gasteiger partial charge in [-0.15, -0.1) is 11.3 Å². The molecule has 1 heterocycles. The molecule has 0 fully saturated rings. The minimum absolute atomic E-state index is 0.0249. The van der Waals surface area contributed by atoms with Crippen LogP contribution in [0.25, 0.3) is 5.57 Å². The van der Waals surface area contributed by atoms with Crippen molar-refractivity contribution in [2.45, 2.75) is 58.5 Å². The molecule has 2 aromatic rings. The molecule has 1 aliphatic rings. The highest BCUT2D eigenvalue weighted by Gasteiger charge is 2.34. The molecule has 0 saturated carbocycles. The number of rotatable bonds is 9. The fourth-order valence-corrected chi connectivity index (χ4v) is 4.91. The highest BCUT2D eigenvalue weighted by atomic mass is 32.1. The van der Waals surface area contributed by atoms with Gasteiger partial charge in [-0.2, -0.15) is 13.2 Å². The van der Waals surface area contributed by atoms with Gasteiger partial charge in [-0.25, -0.2) is 4.98 Å². The van der Waals surface area contributed by atoms with Crippen LogP contribution in [0, 0.1) is 6.92 Å². The van der Waals surface area contributed by atoms with Gasteiger partial charge in [-0.1, -0.05) is 38.1 Å². The Morgan fingerprint density at radius 2 is 2.00 bits per heavy atom. The normalized spacial score (nSPS) is 14.3. The van der Waals surface area contributed by atoms with Crippen molar-refractivity contribution >= 4 is 22.7 Å². The molecule has 8 heteroatoms. The van der Waals surface area contributed by atoms with Crippen LogP contribution >= 0.6 is 11.3 Å². The zero-order chi connectivity index (χ0) is 24.2. The van der Waals surface area contributed by atoms with Crippen molar-refractivity contribution in [2.75, 3.05) is 13.2 Å². The average molecular weight is 480 g/mol. The number of carbonyl (C=O) groups is 1. The zero-order valence-electron chi connectivity index (χ0n) is 19.0. The Bertz CT molecular complexity index is 1070. The molecule has 0 saturated heterocycles. The summed E-state index contributed by atoms with van der Waals surface area (Å²) in [6.07, 6.45) is -0.569. The monoisotopic (exact) mass is 479 g/mol. The summed E-state index contributed by atoms with van der Waals surface area (Å²) in [7, 11) is 0. The van der Waals surface area contributed by atoms with Gasteiger partial charge in [-0.05, 0) is 49.3 Å². The predicted molar refractivity (Wildman–Crippen MR) is 124 cm³/mol. The molecule has 4 nitrogen and oxygen atoms in total. The van der Waals surface area contributed by atoms with E-state index in [1.165, 1.54) is 17.4 Å². The summed E-state index contributed by atoms with van der Waals surface area (Å²) in [5, 5.41) is 9.70. The van der Waals surface area contributed by atoms with Crippen molar-refractivity contribution in [2.24, 2.45) is 0 Å². The third-order valence-electron chi connectivity index (χ3n) is 5.50. The number of nitrogens with zero attached hydrogens (tertiary/aromatic N) is 1. The van der Waals surface area contributed by atoms with Crippen molar-refractivity contribution in [3.8, 4) is 5.75 Å². The van der Waals surface area contributed by atoms with Crippen molar-refractivity contribution in [3.63, 3.8) is 0 Å². The number of hydrogen-bond donors (Lipinski definition) is 1. The first-order chi connectivity index (χ1) is 15.6. The molecule has 0 aliphatic heterocycles. The number of carbonyl (C=O) groups excluding carboxylic acids is 1. The van der Waals surface area contributed by atoms with Gasteiger partial charge in [0.2, 0.25) is 0 Å². The van der Waals surface area contributed by atoms with Crippen LogP contribution in [0.4, 0.5) is 13.2 Å². The van der Waals surface area contributed by atoms with E-state index in [4.69, 9.17) is 14.8 Å². The number of aryl methyl sites for hydroxylation is 2. The molecule has 3 rings (SSSR count). The SMILES string of the molecule is Cc1ccc(C(=O)CCc2sc(C3=CC=C(C(F)(F)F)CC3)nc2C(C)C)cc1OCCO. The van der Waals surface area contributed by atoms with Crippen LogP contribution in [0.5, 0.6) is 5.75 Å². The lowest BCUT2D eigenvalue weighted by molar-refractivity contribution is -0.0939. The first-order valence-electron chi connectivity index (χ1n) is 10.9. The van der Waals surface area contributed by atoms with Crippen molar-refractivity contribution in [3.05, 3.63) is 62.6 Å². The van der Waals surface area contributed by atoms with Crippen LogP contribution in [-0.4, -0.2) is 35.3 Å². The van der Waals surface area contributed by atoms with E-state index >= 15 is 0 Å². The molecule has 0 atom stereocenters. The minimum Gasteiger partial charge on any atom is -0.491 e. The maximum absolute atomic E-state index is 12.9. The van der Waals surface area contributed by atoms with E-state index in [-0.39, 0.29) is 31.3 Å². The molecule has 33 heavy (non-hydrogen) atoms. The first kappa shape index (κ1) is 25.2. The molecule has 0 bridgehead atoms. The van der Waals surface area contributed by atoms with Gasteiger partial charge in [0.15, 0.2) is 5.78 Å². The number of halogens is 3. The topological polar surface area (TPSA) is 59.4 Å².